The first-order valence-electron chi connectivity index (χ1n) is 6.22. The van der Waals surface area contributed by atoms with Crippen molar-refractivity contribution in [2.24, 2.45) is 10.2 Å². The zero-order chi connectivity index (χ0) is 15.1. The molecular weight excluding hydrogens is 292 g/mol. The van der Waals surface area contributed by atoms with Crippen LogP contribution < -0.4 is 10.9 Å². The lowest BCUT2D eigenvalue weighted by Gasteiger charge is -1.97. The summed E-state index contributed by atoms with van der Waals surface area (Å²) >= 11 is 5.97. The van der Waals surface area contributed by atoms with Gasteiger partial charge in [-0.15, -0.1) is 0 Å². The smallest absolute Gasteiger partial charge is 0.245 e. The summed E-state index contributed by atoms with van der Waals surface area (Å²) in [6, 6.07) is 9.50. The molecule has 0 aromatic heterocycles. The lowest BCUT2D eigenvalue weighted by molar-refractivity contribution is -0.119. The lowest BCUT2D eigenvalue weighted by Crippen LogP contribution is -2.20. The predicted octanol–water partition coefficient (Wildman–Crippen LogP) is 1.63. The van der Waals surface area contributed by atoms with Gasteiger partial charge in [0.05, 0.1) is 29.8 Å². The first-order chi connectivity index (χ1) is 10.1. The molecule has 1 aromatic carbocycles. The van der Waals surface area contributed by atoms with E-state index in [1.807, 2.05) is 30.3 Å². The van der Waals surface area contributed by atoms with Gasteiger partial charge in [-0.2, -0.15) is 10.2 Å². The van der Waals surface area contributed by atoms with Crippen LogP contribution in [0.25, 0.3) is 6.08 Å². The van der Waals surface area contributed by atoms with Crippen molar-refractivity contribution < 1.29 is 9.59 Å². The van der Waals surface area contributed by atoms with Crippen LogP contribution in [-0.2, 0) is 9.59 Å². The van der Waals surface area contributed by atoms with E-state index in [0.717, 1.165) is 5.56 Å². The number of amides is 2. The molecule has 2 N–H and O–H groups in total. The Hall–Kier alpha value is -2.47. The van der Waals surface area contributed by atoms with Crippen LogP contribution in [0.5, 0.6) is 0 Å². The van der Waals surface area contributed by atoms with E-state index in [9.17, 15) is 9.59 Å². The largest absolute Gasteiger partial charge is 0.273 e. The molecule has 0 aliphatic carbocycles. The van der Waals surface area contributed by atoms with E-state index in [1.54, 1.807) is 6.08 Å². The third-order valence-corrected chi connectivity index (χ3v) is 2.76. The van der Waals surface area contributed by atoms with Crippen LogP contribution >= 0.6 is 11.6 Å². The summed E-state index contributed by atoms with van der Waals surface area (Å²) in [5.74, 6) is -0.569. The van der Waals surface area contributed by atoms with E-state index >= 15 is 0 Å². The Morgan fingerprint density at radius 2 is 2.19 bits per heavy atom. The van der Waals surface area contributed by atoms with Gasteiger partial charge >= 0.3 is 0 Å². The SMILES string of the molecule is O=C1CC(CC(=O)N/N=C\C(Cl)=C\c2ccccc2)=NN1. The van der Waals surface area contributed by atoms with E-state index < -0.39 is 0 Å². The molecule has 21 heavy (non-hydrogen) atoms. The van der Waals surface area contributed by atoms with E-state index in [-0.39, 0.29) is 24.7 Å². The number of hydrogen-bond acceptors (Lipinski definition) is 4. The fourth-order valence-corrected chi connectivity index (χ4v) is 1.82. The number of carbonyl (C=O) groups excluding carboxylic acids is 2. The standard InChI is InChI=1S/C14H13ClN4O2/c15-11(6-10-4-2-1-3-5-10)9-16-18-13(20)7-12-8-14(21)19-17-12/h1-6,9H,7-8H2,(H,18,20)(H,19,21)/b11-6-,16-9-. The summed E-state index contributed by atoms with van der Waals surface area (Å²) in [6.45, 7) is 0. The first-order valence-corrected chi connectivity index (χ1v) is 6.60. The van der Waals surface area contributed by atoms with Crippen molar-refractivity contribution in [2.75, 3.05) is 0 Å². The molecule has 0 saturated heterocycles. The maximum Gasteiger partial charge on any atom is 0.245 e. The Labute approximate surface area is 126 Å². The average Bonchev–Trinajstić information content (AvgIpc) is 2.85. The summed E-state index contributed by atoms with van der Waals surface area (Å²) in [5.41, 5.74) is 6.02. The molecule has 1 aliphatic heterocycles. The van der Waals surface area contributed by atoms with Gasteiger partial charge in [-0.05, 0) is 11.6 Å². The third kappa shape index (κ3) is 5.19. The number of halogens is 1. The molecule has 0 fully saturated rings. The first kappa shape index (κ1) is 14.9. The van der Waals surface area contributed by atoms with Crippen LogP contribution in [0.4, 0.5) is 0 Å². The van der Waals surface area contributed by atoms with Crippen molar-refractivity contribution in [1.29, 1.82) is 0 Å². The second kappa shape index (κ2) is 7.35. The number of allylic oxidation sites excluding steroid dienone is 1. The highest BCUT2D eigenvalue weighted by atomic mass is 35.5. The molecule has 108 valence electrons. The zero-order valence-electron chi connectivity index (χ0n) is 11.0. The quantitative estimate of drug-likeness (QED) is 0.640. The van der Waals surface area contributed by atoms with Crippen LogP contribution in [0.15, 0.2) is 45.6 Å². The van der Waals surface area contributed by atoms with Crippen molar-refractivity contribution in [3.05, 3.63) is 40.9 Å². The number of hydrogen-bond donors (Lipinski definition) is 2. The summed E-state index contributed by atoms with van der Waals surface area (Å²) in [6.07, 6.45) is 3.23. The third-order valence-electron chi connectivity index (χ3n) is 2.55. The van der Waals surface area contributed by atoms with Crippen molar-refractivity contribution in [1.82, 2.24) is 10.9 Å². The highest BCUT2D eigenvalue weighted by Crippen LogP contribution is 2.07. The second-order valence-electron chi connectivity index (χ2n) is 4.30. The van der Waals surface area contributed by atoms with Gasteiger partial charge in [-0.3, -0.25) is 9.59 Å². The number of rotatable bonds is 5. The summed E-state index contributed by atoms with van der Waals surface area (Å²) in [4.78, 5) is 22.4. The van der Waals surface area contributed by atoms with Crippen molar-refractivity contribution in [2.45, 2.75) is 12.8 Å². The Kier molecular flexibility index (Phi) is 5.22. The Morgan fingerprint density at radius 1 is 1.43 bits per heavy atom. The van der Waals surface area contributed by atoms with Crippen molar-refractivity contribution in [3.63, 3.8) is 0 Å². The van der Waals surface area contributed by atoms with Gasteiger partial charge in [0.1, 0.15) is 0 Å². The minimum absolute atomic E-state index is 0.0239. The lowest BCUT2D eigenvalue weighted by atomic mass is 10.2. The molecule has 1 heterocycles. The molecule has 6 nitrogen and oxygen atoms in total. The molecule has 0 radical (unpaired) electrons. The van der Waals surface area contributed by atoms with Crippen LogP contribution in [0.3, 0.4) is 0 Å². The van der Waals surface area contributed by atoms with E-state index in [0.29, 0.717) is 10.7 Å². The molecule has 0 bridgehead atoms. The number of benzene rings is 1. The van der Waals surface area contributed by atoms with Crippen LogP contribution in [0, 0.1) is 0 Å². The van der Waals surface area contributed by atoms with Gasteiger partial charge in [-0.25, -0.2) is 10.9 Å². The fourth-order valence-electron chi connectivity index (χ4n) is 1.64. The predicted molar refractivity (Wildman–Crippen MR) is 81.7 cm³/mol. The number of nitrogens with one attached hydrogen (secondary N) is 2. The van der Waals surface area contributed by atoms with Crippen LogP contribution in [-0.4, -0.2) is 23.7 Å². The van der Waals surface area contributed by atoms with Gasteiger partial charge in [0.15, 0.2) is 0 Å². The van der Waals surface area contributed by atoms with Gasteiger partial charge in [0.25, 0.3) is 0 Å². The average molecular weight is 305 g/mol. The Balaban J connectivity index is 1.80. The number of carbonyl (C=O) groups is 2. The topological polar surface area (TPSA) is 82.9 Å². The fraction of sp³-hybridized carbons (Fsp3) is 0.143. The molecule has 2 rings (SSSR count). The normalized spacial score (nSPS) is 15.0. The molecule has 7 heteroatoms. The van der Waals surface area contributed by atoms with Crippen molar-refractivity contribution in [3.8, 4) is 0 Å². The zero-order valence-corrected chi connectivity index (χ0v) is 11.8. The number of nitrogens with zero attached hydrogens (tertiary/aromatic N) is 2. The van der Waals surface area contributed by atoms with E-state index in [1.165, 1.54) is 6.21 Å². The highest BCUT2D eigenvalue weighted by Gasteiger charge is 2.16. The molecule has 1 aliphatic rings. The number of hydrazone groups is 2. The van der Waals surface area contributed by atoms with Gasteiger partial charge in [0.2, 0.25) is 11.8 Å². The van der Waals surface area contributed by atoms with Crippen LogP contribution in [0.2, 0.25) is 0 Å². The molecular formula is C14H13ClN4O2. The minimum Gasteiger partial charge on any atom is -0.273 e. The minimum atomic E-state index is -0.356. The molecule has 1 aromatic rings. The Bertz CT molecular complexity index is 623. The molecule has 0 unspecified atom stereocenters. The molecule has 2 amide bonds. The van der Waals surface area contributed by atoms with Gasteiger partial charge < -0.3 is 0 Å². The second-order valence-corrected chi connectivity index (χ2v) is 4.74. The van der Waals surface area contributed by atoms with E-state index in [2.05, 4.69) is 21.1 Å². The molecule has 0 spiro atoms. The maximum absolute atomic E-state index is 11.5. The maximum atomic E-state index is 11.5. The summed E-state index contributed by atoms with van der Waals surface area (Å²) in [7, 11) is 0. The monoisotopic (exact) mass is 304 g/mol. The molecule has 0 atom stereocenters. The van der Waals surface area contributed by atoms with E-state index in [4.69, 9.17) is 11.6 Å². The highest BCUT2D eigenvalue weighted by molar-refractivity contribution is 6.41. The van der Waals surface area contributed by atoms with Crippen LogP contribution in [0.1, 0.15) is 18.4 Å². The van der Waals surface area contributed by atoms with Gasteiger partial charge in [-0.1, -0.05) is 41.9 Å². The summed E-state index contributed by atoms with van der Waals surface area (Å²) in [5, 5.41) is 7.85. The molecule has 0 saturated carbocycles. The Morgan fingerprint density at radius 3 is 2.86 bits per heavy atom. The van der Waals surface area contributed by atoms with Gasteiger partial charge in [0, 0.05) is 0 Å². The van der Waals surface area contributed by atoms with Crippen molar-refractivity contribution >= 4 is 41.4 Å². The summed E-state index contributed by atoms with van der Waals surface area (Å²) < 4.78 is 0.